The van der Waals surface area contributed by atoms with Crippen molar-refractivity contribution in [1.29, 1.82) is 0 Å². The topological polar surface area (TPSA) is 27.7 Å². The van der Waals surface area contributed by atoms with Crippen LogP contribution in [0.2, 0.25) is 0 Å². The van der Waals surface area contributed by atoms with E-state index in [-0.39, 0.29) is 0 Å². The van der Waals surface area contributed by atoms with Gasteiger partial charge in [-0.3, -0.25) is 4.57 Å². The quantitative estimate of drug-likeness (QED) is 0.177. The lowest BCUT2D eigenvalue weighted by Gasteiger charge is -2.14. The minimum absolute atomic E-state index is 0.433. The Morgan fingerprint density at radius 2 is 1.38 bits per heavy atom. The van der Waals surface area contributed by atoms with Gasteiger partial charge in [-0.15, -0.1) is 0 Å². The van der Waals surface area contributed by atoms with Crippen molar-refractivity contribution in [2.45, 2.75) is 29.6 Å². The van der Waals surface area contributed by atoms with Crippen molar-refractivity contribution < 1.29 is 0 Å². The molecule has 0 unspecified atom stereocenters. The fraction of sp³-hybridized carbons (Fsp3) is 0.100. The summed E-state index contributed by atoms with van der Waals surface area (Å²) in [4.78, 5) is 7.30. The number of aryl methyl sites for hydroxylation is 1. The first-order valence-electron chi connectivity index (χ1n) is 15.4. The Hall–Kier alpha value is -5.13. The van der Waals surface area contributed by atoms with Crippen molar-refractivity contribution in [3.05, 3.63) is 145 Å². The van der Waals surface area contributed by atoms with E-state index in [1.54, 1.807) is 11.8 Å². The number of rotatable bonds is 6. The van der Waals surface area contributed by atoms with Gasteiger partial charge in [-0.1, -0.05) is 74.1 Å². The Labute approximate surface area is 267 Å². The summed E-state index contributed by atoms with van der Waals surface area (Å²) in [6.07, 6.45) is 4.09. The third-order valence-electron chi connectivity index (χ3n) is 8.66. The van der Waals surface area contributed by atoms with Gasteiger partial charge in [-0.2, -0.15) is 4.57 Å². The smallest absolute Gasteiger partial charge is 0.191 e. The van der Waals surface area contributed by atoms with E-state index >= 15 is 0 Å². The Bertz CT molecular complexity index is 2360. The van der Waals surface area contributed by atoms with E-state index < -0.39 is 0 Å². The van der Waals surface area contributed by atoms with Crippen LogP contribution in [0.1, 0.15) is 25.3 Å². The van der Waals surface area contributed by atoms with Gasteiger partial charge in [0, 0.05) is 58.1 Å². The molecule has 218 valence electrons. The number of benzene rings is 5. The molecule has 45 heavy (non-hydrogen) atoms. The van der Waals surface area contributed by atoms with Crippen LogP contribution >= 0.6 is 11.8 Å². The molecule has 0 aliphatic rings. The summed E-state index contributed by atoms with van der Waals surface area (Å²) in [7, 11) is 2.10. The third-order valence-corrected chi connectivity index (χ3v) is 9.63. The van der Waals surface area contributed by atoms with Gasteiger partial charge in [-0.05, 0) is 77.2 Å². The molecule has 0 bridgehead atoms. The second-order valence-electron chi connectivity index (χ2n) is 11.9. The Kier molecular flexibility index (Phi) is 6.76. The molecule has 3 heterocycles. The van der Waals surface area contributed by atoms with Gasteiger partial charge < -0.3 is 0 Å². The van der Waals surface area contributed by atoms with E-state index in [2.05, 4.69) is 168 Å². The fourth-order valence-electron chi connectivity index (χ4n) is 6.53. The van der Waals surface area contributed by atoms with E-state index in [1.807, 2.05) is 6.20 Å². The van der Waals surface area contributed by atoms with E-state index in [9.17, 15) is 0 Å². The zero-order valence-electron chi connectivity index (χ0n) is 25.6. The van der Waals surface area contributed by atoms with Gasteiger partial charge in [0.15, 0.2) is 17.4 Å². The highest BCUT2D eigenvalue weighted by Gasteiger charge is 2.17. The summed E-state index contributed by atoms with van der Waals surface area (Å²) in [6, 6.07) is 45.8. The second kappa shape index (κ2) is 11.1. The molecule has 5 aromatic carbocycles. The number of pyridine rings is 1. The normalized spacial score (nSPS) is 11.7. The molecule has 0 spiro atoms. The highest BCUT2D eigenvalue weighted by atomic mass is 32.2. The Morgan fingerprint density at radius 3 is 2.24 bits per heavy atom. The average molecular weight is 602 g/mol. The molecule has 0 fully saturated rings. The van der Waals surface area contributed by atoms with E-state index in [0.717, 1.165) is 22.5 Å². The Balaban J connectivity index is 1.23. The standard InChI is InChI=1S/C40H33N4S/c1-27(2)32-13-4-5-14-33(32)28-21-22-41-40(23-28)44-36-16-7-6-15-34(36)35-20-19-31(25-39(35)44)45-30-12-10-11-29(24-30)43-26-42(3)37-17-8-9-18-38(37)43/h4-27H,1-3H3/q+1. The number of hydrogen-bond acceptors (Lipinski definition) is 2. The maximum absolute atomic E-state index is 4.92. The maximum Gasteiger partial charge on any atom is 0.191 e. The van der Waals surface area contributed by atoms with Gasteiger partial charge in [0.25, 0.3) is 0 Å². The molecule has 8 aromatic rings. The van der Waals surface area contributed by atoms with Crippen LogP contribution in [0.25, 0.3) is 55.5 Å². The first kappa shape index (κ1) is 27.4. The molecule has 0 radical (unpaired) electrons. The molecule has 8 rings (SSSR count). The molecule has 5 heteroatoms. The minimum atomic E-state index is 0.433. The first-order valence-corrected chi connectivity index (χ1v) is 16.2. The molecule has 0 aliphatic heterocycles. The lowest BCUT2D eigenvalue weighted by molar-refractivity contribution is 0.869. The van der Waals surface area contributed by atoms with Crippen LogP contribution in [0.3, 0.4) is 0 Å². The van der Waals surface area contributed by atoms with Gasteiger partial charge in [-0.25, -0.2) is 9.55 Å². The maximum atomic E-state index is 4.92. The number of para-hydroxylation sites is 3. The zero-order chi connectivity index (χ0) is 30.5. The van der Waals surface area contributed by atoms with E-state index in [1.165, 1.54) is 48.3 Å². The molecule has 3 aromatic heterocycles. The monoisotopic (exact) mass is 601 g/mol. The van der Waals surface area contributed by atoms with Crippen molar-refractivity contribution in [2.24, 2.45) is 7.05 Å². The third kappa shape index (κ3) is 4.80. The van der Waals surface area contributed by atoms with E-state index in [0.29, 0.717) is 5.92 Å². The molecule has 0 saturated heterocycles. The zero-order valence-corrected chi connectivity index (χ0v) is 26.4. The van der Waals surface area contributed by atoms with Crippen LogP contribution in [0, 0.1) is 0 Å². The fourth-order valence-corrected chi connectivity index (χ4v) is 7.44. The number of imidazole rings is 1. The summed E-state index contributed by atoms with van der Waals surface area (Å²) in [5, 5.41) is 2.46. The van der Waals surface area contributed by atoms with Gasteiger partial charge in [0.1, 0.15) is 11.5 Å². The number of nitrogens with zero attached hydrogens (tertiary/aromatic N) is 4. The summed E-state index contributed by atoms with van der Waals surface area (Å²) in [5.74, 6) is 1.36. The van der Waals surface area contributed by atoms with Crippen LogP contribution in [-0.4, -0.2) is 18.7 Å². The first-order chi connectivity index (χ1) is 22.0. The predicted octanol–water partition coefficient (Wildman–Crippen LogP) is 10.7. The lowest BCUT2D eigenvalue weighted by atomic mass is 9.93. The second-order valence-corrected chi connectivity index (χ2v) is 13.0. The SMILES string of the molecule is CC(C)c1ccccc1-c1ccnc(-n2c3ccccc3c3ccc(Sc4cccc(-n5[cH+]n(C)c6ccccc65)c4)cc32)c1. The molecule has 0 aliphatic carbocycles. The summed E-state index contributed by atoms with van der Waals surface area (Å²) < 4.78 is 6.75. The van der Waals surface area contributed by atoms with Crippen molar-refractivity contribution >= 4 is 44.6 Å². The predicted molar refractivity (Wildman–Crippen MR) is 189 cm³/mol. The molecular weight excluding hydrogens is 569 g/mol. The van der Waals surface area contributed by atoms with Gasteiger partial charge >= 0.3 is 0 Å². The van der Waals surface area contributed by atoms with Crippen molar-refractivity contribution in [1.82, 2.24) is 18.7 Å². The minimum Gasteiger partial charge on any atom is -0.294 e. The highest BCUT2D eigenvalue weighted by molar-refractivity contribution is 7.99. The Morgan fingerprint density at radius 1 is 0.644 bits per heavy atom. The number of aromatic nitrogens is 4. The molecule has 0 saturated carbocycles. The lowest BCUT2D eigenvalue weighted by Crippen LogP contribution is -1.99. The summed E-state index contributed by atoms with van der Waals surface area (Å²) in [6.45, 7) is 4.51. The number of hydrogen-bond donors (Lipinski definition) is 0. The van der Waals surface area contributed by atoms with Gasteiger partial charge in [0.05, 0.1) is 11.0 Å². The molecule has 0 atom stereocenters. The number of fused-ring (bicyclic) bond motifs is 4. The molecule has 0 N–H and O–H groups in total. The summed E-state index contributed by atoms with van der Waals surface area (Å²) in [5.41, 5.74) is 9.65. The van der Waals surface area contributed by atoms with E-state index in [4.69, 9.17) is 4.98 Å². The van der Waals surface area contributed by atoms with Crippen LogP contribution in [0.15, 0.2) is 150 Å². The molecule has 4 nitrogen and oxygen atoms in total. The van der Waals surface area contributed by atoms with Crippen molar-refractivity contribution in [3.8, 4) is 22.6 Å². The van der Waals surface area contributed by atoms with Crippen molar-refractivity contribution in [3.63, 3.8) is 0 Å². The van der Waals surface area contributed by atoms with Crippen LogP contribution in [0.5, 0.6) is 0 Å². The highest BCUT2D eigenvalue weighted by Crippen LogP contribution is 2.38. The van der Waals surface area contributed by atoms with Crippen molar-refractivity contribution in [2.75, 3.05) is 0 Å². The largest absolute Gasteiger partial charge is 0.294 e. The summed E-state index contributed by atoms with van der Waals surface area (Å²) >= 11 is 1.79. The average Bonchev–Trinajstić information content (AvgIpc) is 3.59. The van der Waals surface area contributed by atoms with Crippen LogP contribution < -0.4 is 0 Å². The molecular formula is C40H33N4S+. The van der Waals surface area contributed by atoms with Gasteiger partial charge in [0.2, 0.25) is 0 Å². The van der Waals surface area contributed by atoms with Crippen LogP contribution in [0.4, 0.5) is 0 Å². The van der Waals surface area contributed by atoms with Crippen LogP contribution in [-0.2, 0) is 7.05 Å². The molecule has 0 amide bonds.